The lowest BCUT2D eigenvalue weighted by Gasteiger charge is -2.33. The number of methoxy groups -OCH3 is 1. The van der Waals surface area contributed by atoms with Gasteiger partial charge in [-0.3, -0.25) is 20.2 Å². The fraction of sp³-hybridized carbons (Fsp3) is 0.308. The summed E-state index contributed by atoms with van der Waals surface area (Å²) in [5, 5.41) is 4.23. The van der Waals surface area contributed by atoms with E-state index in [2.05, 4.69) is 10.6 Å². The number of carbonyl (C=O) groups is 3. The van der Waals surface area contributed by atoms with E-state index >= 15 is 0 Å². The molecule has 4 amide bonds. The number of carbonyl (C=O) groups excluding carboxylic acids is 3. The zero-order valence-electron chi connectivity index (χ0n) is 10.4. The van der Waals surface area contributed by atoms with Crippen molar-refractivity contribution < 1.29 is 19.1 Å². The molecule has 0 unspecified atom stereocenters. The molecule has 6 heteroatoms. The fourth-order valence-electron chi connectivity index (χ4n) is 2.11. The number of urea groups is 1. The minimum absolute atomic E-state index is 0.0904. The molecule has 0 bridgehead atoms. The summed E-state index contributed by atoms with van der Waals surface area (Å²) in [5.74, 6) is -1.26. The molecule has 1 aromatic rings. The molecular weight excluding hydrogens is 248 g/mol. The fourth-order valence-corrected chi connectivity index (χ4v) is 2.11. The van der Waals surface area contributed by atoms with Crippen LogP contribution >= 0.6 is 0 Å². The van der Waals surface area contributed by atoms with Crippen LogP contribution in [-0.2, 0) is 20.7 Å². The zero-order chi connectivity index (χ0) is 13.9. The third-order valence-corrected chi connectivity index (χ3v) is 3.06. The Morgan fingerprint density at radius 2 is 1.63 bits per heavy atom. The normalized spacial score (nSPS) is 17.8. The Morgan fingerprint density at radius 1 is 1.05 bits per heavy atom. The Kier molecular flexibility index (Phi) is 3.62. The van der Waals surface area contributed by atoms with E-state index in [1.54, 1.807) is 0 Å². The van der Waals surface area contributed by atoms with Crippen LogP contribution in [0.15, 0.2) is 30.3 Å². The van der Waals surface area contributed by atoms with Crippen molar-refractivity contribution in [2.75, 3.05) is 13.7 Å². The van der Waals surface area contributed by atoms with Crippen molar-refractivity contribution in [3.05, 3.63) is 35.9 Å². The van der Waals surface area contributed by atoms with E-state index in [9.17, 15) is 14.4 Å². The quantitative estimate of drug-likeness (QED) is 0.761. The maximum atomic E-state index is 12.1. The van der Waals surface area contributed by atoms with Gasteiger partial charge in [0, 0.05) is 7.11 Å². The summed E-state index contributed by atoms with van der Waals surface area (Å²) in [7, 11) is 1.41. The lowest BCUT2D eigenvalue weighted by molar-refractivity contribution is -0.148. The molecule has 1 aliphatic rings. The largest absolute Gasteiger partial charge is 0.383 e. The zero-order valence-corrected chi connectivity index (χ0v) is 10.4. The van der Waals surface area contributed by atoms with Gasteiger partial charge >= 0.3 is 6.03 Å². The van der Waals surface area contributed by atoms with Crippen LogP contribution in [0.4, 0.5) is 4.79 Å². The first-order chi connectivity index (χ1) is 9.08. The van der Waals surface area contributed by atoms with Gasteiger partial charge in [0.2, 0.25) is 11.8 Å². The topological polar surface area (TPSA) is 84.5 Å². The Hall–Kier alpha value is -2.21. The molecule has 0 saturated carbocycles. The molecule has 2 N–H and O–H groups in total. The number of amides is 4. The molecule has 1 saturated heterocycles. The van der Waals surface area contributed by atoms with Gasteiger partial charge in [-0.25, -0.2) is 4.79 Å². The van der Waals surface area contributed by atoms with Crippen molar-refractivity contribution in [2.45, 2.75) is 6.42 Å². The predicted octanol–water partition coefficient (Wildman–Crippen LogP) is 0.228. The van der Waals surface area contributed by atoms with Gasteiger partial charge in [-0.1, -0.05) is 30.3 Å². The SMILES string of the molecule is COCC1(Cc2ccccc2)C(=O)NC(=O)NC1=O. The second-order valence-electron chi connectivity index (χ2n) is 4.41. The summed E-state index contributed by atoms with van der Waals surface area (Å²) in [4.78, 5) is 35.2. The number of hydrogen-bond donors (Lipinski definition) is 2. The molecule has 1 aromatic carbocycles. The highest BCUT2D eigenvalue weighted by Crippen LogP contribution is 2.26. The molecule has 6 nitrogen and oxygen atoms in total. The van der Waals surface area contributed by atoms with Gasteiger partial charge in [0.15, 0.2) is 5.41 Å². The summed E-state index contributed by atoms with van der Waals surface area (Å²) in [6.07, 6.45) is 0.173. The number of rotatable bonds is 4. The maximum Gasteiger partial charge on any atom is 0.328 e. The first-order valence-corrected chi connectivity index (χ1v) is 5.78. The van der Waals surface area contributed by atoms with Gasteiger partial charge < -0.3 is 4.74 Å². The molecule has 0 atom stereocenters. The van der Waals surface area contributed by atoms with Gasteiger partial charge in [-0.2, -0.15) is 0 Å². The van der Waals surface area contributed by atoms with Gasteiger partial charge in [0.25, 0.3) is 0 Å². The van der Waals surface area contributed by atoms with E-state index in [0.29, 0.717) is 0 Å². The van der Waals surface area contributed by atoms with Crippen molar-refractivity contribution in [1.29, 1.82) is 0 Å². The molecule has 0 spiro atoms. The van der Waals surface area contributed by atoms with Crippen molar-refractivity contribution in [3.63, 3.8) is 0 Å². The summed E-state index contributed by atoms with van der Waals surface area (Å²) in [6, 6.07) is 8.31. The van der Waals surface area contributed by atoms with Crippen LogP contribution in [0.2, 0.25) is 0 Å². The van der Waals surface area contributed by atoms with Crippen LogP contribution in [-0.4, -0.2) is 31.6 Å². The lowest BCUT2D eigenvalue weighted by atomic mass is 9.79. The Labute approximate surface area is 110 Å². The van der Waals surface area contributed by atoms with Crippen molar-refractivity contribution in [1.82, 2.24) is 10.6 Å². The van der Waals surface area contributed by atoms with Crippen LogP contribution < -0.4 is 10.6 Å². The van der Waals surface area contributed by atoms with Gasteiger partial charge in [0.05, 0.1) is 6.61 Å². The monoisotopic (exact) mass is 262 g/mol. The number of hydrogen-bond acceptors (Lipinski definition) is 4. The number of barbiturate groups is 1. The smallest absolute Gasteiger partial charge is 0.328 e. The molecule has 0 aromatic heterocycles. The second-order valence-corrected chi connectivity index (χ2v) is 4.41. The predicted molar refractivity (Wildman–Crippen MR) is 66.1 cm³/mol. The number of nitrogens with one attached hydrogen (secondary N) is 2. The second kappa shape index (κ2) is 5.19. The summed E-state index contributed by atoms with van der Waals surface area (Å²) in [6.45, 7) is -0.0904. The van der Waals surface area contributed by atoms with E-state index in [1.165, 1.54) is 7.11 Å². The van der Waals surface area contributed by atoms with Gasteiger partial charge in [0.1, 0.15) is 0 Å². The molecule has 2 rings (SSSR count). The first-order valence-electron chi connectivity index (χ1n) is 5.78. The third-order valence-electron chi connectivity index (χ3n) is 3.06. The molecule has 0 radical (unpaired) electrons. The highest BCUT2D eigenvalue weighted by atomic mass is 16.5. The van der Waals surface area contributed by atoms with E-state index in [4.69, 9.17) is 4.74 Å². The van der Waals surface area contributed by atoms with Gasteiger partial charge in [-0.05, 0) is 12.0 Å². The standard InChI is InChI=1S/C13H14N2O4/c1-19-8-13(7-9-5-3-2-4-6-9)10(16)14-12(18)15-11(13)17/h2-6H,7-8H2,1H3,(H2,14,15,16,17,18). The Balaban J connectivity index is 2.34. The molecule has 1 heterocycles. The first kappa shape index (κ1) is 13.2. The summed E-state index contributed by atoms with van der Waals surface area (Å²) in [5.41, 5.74) is -0.594. The van der Waals surface area contributed by atoms with E-state index in [1.807, 2.05) is 30.3 Å². The molecule has 19 heavy (non-hydrogen) atoms. The molecule has 1 fully saturated rings. The third kappa shape index (κ3) is 2.48. The lowest BCUT2D eigenvalue weighted by Crippen LogP contribution is -2.64. The average Bonchev–Trinajstić information content (AvgIpc) is 2.37. The molecular formula is C13H14N2O4. The van der Waals surface area contributed by atoms with Crippen molar-refractivity contribution in [2.24, 2.45) is 5.41 Å². The van der Waals surface area contributed by atoms with E-state index < -0.39 is 23.3 Å². The van der Waals surface area contributed by atoms with Crippen LogP contribution in [0.25, 0.3) is 0 Å². The van der Waals surface area contributed by atoms with Crippen LogP contribution in [0, 0.1) is 5.41 Å². The van der Waals surface area contributed by atoms with Crippen molar-refractivity contribution >= 4 is 17.8 Å². The minimum Gasteiger partial charge on any atom is -0.383 e. The number of imide groups is 2. The Morgan fingerprint density at radius 3 is 2.16 bits per heavy atom. The summed E-state index contributed by atoms with van der Waals surface area (Å²) < 4.78 is 5.00. The highest BCUT2D eigenvalue weighted by molar-refractivity contribution is 6.19. The highest BCUT2D eigenvalue weighted by Gasteiger charge is 2.50. The summed E-state index contributed by atoms with van der Waals surface area (Å²) >= 11 is 0. The number of ether oxygens (including phenoxy) is 1. The van der Waals surface area contributed by atoms with E-state index in [-0.39, 0.29) is 13.0 Å². The molecule has 1 aliphatic heterocycles. The maximum absolute atomic E-state index is 12.1. The van der Waals surface area contributed by atoms with E-state index in [0.717, 1.165) is 5.56 Å². The van der Waals surface area contributed by atoms with Crippen molar-refractivity contribution in [3.8, 4) is 0 Å². The number of benzene rings is 1. The Bertz CT molecular complexity index is 493. The van der Waals surface area contributed by atoms with Crippen LogP contribution in [0.3, 0.4) is 0 Å². The van der Waals surface area contributed by atoms with Gasteiger partial charge in [-0.15, -0.1) is 0 Å². The minimum atomic E-state index is -1.41. The molecule has 0 aliphatic carbocycles. The molecule has 100 valence electrons. The van der Waals surface area contributed by atoms with Crippen LogP contribution in [0.5, 0.6) is 0 Å². The van der Waals surface area contributed by atoms with Crippen LogP contribution in [0.1, 0.15) is 5.56 Å². The average molecular weight is 262 g/mol.